The maximum absolute atomic E-state index is 5.33. The summed E-state index contributed by atoms with van der Waals surface area (Å²) in [6, 6.07) is 77.4. The number of allylic oxidation sites excluding steroid dienone is 2. The molecule has 0 aromatic heterocycles. The Morgan fingerprint density at radius 3 is 1.62 bits per heavy atom. The second-order valence-corrected chi connectivity index (χ2v) is 16.1. The summed E-state index contributed by atoms with van der Waals surface area (Å²) in [5.41, 5.74) is 16.6. The van der Waals surface area contributed by atoms with Crippen molar-refractivity contribution in [3.8, 4) is 11.1 Å². The second kappa shape index (κ2) is 20.9. The molecule has 0 spiro atoms. The van der Waals surface area contributed by atoms with Gasteiger partial charge in [-0.2, -0.15) is 0 Å². The molecule has 4 nitrogen and oxygen atoms in total. The molecule has 8 aromatic rings. The van der Waals surface area contributed by atoms with Gasteiger partial charge in [-0.1, -0.05) is 232 Å². The number of rotatable bonds is 10. The van der Waals surface area contributed by atoms with Gasteiger partial charge in [0.05, 0.1) is 11.4 Å². The van der Waals surface area contributed by atoms with Gasteiger partial charge in [-0.05, 0) is 77.4 Å². The van der Waals surface area contributed by atoms with Crippen molar-refractivity contribution in [1.82, 2.24) is 9.80 Å². The fraction of sp³-hybridized carbons (Fsp3) is 0.0645. The normalized spacial score (nSPS) is 12.8. The molecule has 1 aliphatic heterocycles. The maximum Gasteiger partial charge on any atom is 0.145 e. The zero-order valence-corrected chi connectivity index (χ0v) is 38.1. The lowest BCUT2D eigenvalue weighted by Gasteiger charge is -2.36. The van der Waals surface area contributed by atoms with Crippen molar-refractivity contribution in [3.63, 3.8) is 0 Å². The summed E-state index contributed by atoms with van der Waals surface area (Å²) in [5, 5.41) is 0. The Labute approximate surface area is 390 Å². The molecule has 66 heavy (non-hydrogen) atoms. The van der Waals surface area contributed by atoms with Gasteiger partial charge >= 0.3 is 0 Å². The van der Waals surface area contributed by atoms with Crippen LogP contribution in [0.1, 0.15) is 58.4 Å². The topological polar surface area (TPSA) is 31.2 Å². The lowest BCUT2D eigenvalue weighted by molar-refractivity contribution is 0.724. The van der Waals surface area contributed by atoms with Gasteiger partial charge in [-0.25, -0.2) is 4.99 Å². The first kappa shape index (κ1) is 44.3. The predicted octanol–water partition coefficient (Wildman–Crippen LogP) is 15.7. The molecule has 0 radical (unpaired) electrons. The quantitative estimate of drug-likeness (QED) is 0.0780. The van der Waals surface area contributed by atoms with E-state index < -0.39 is 0 Å². The molecule has 0 bridgehead atoms. The molecule has 0 amide bonds. The number of nitrogens with zero attached hydrogens (tertiary/aromatic N) is 4. The van der Waals surface area contributed by atoms with Crippen LogP contribution in [0.15, 0.2) is 253 Å². The summed E-state index contributed by atoms with van der Waals surface area (Å²) < 4.78 is 0. The first-order chi connectivity index (χ1) is 32.3. The highest BCUT2D eigenvalue weighted by molar-refractivity contribution is 6.15. The number of aryl methyl sites for hydroxylation is 1. The number of hydrogen-bond acceptors (Lipinski definition) is 3. The molecule has 0 saturated carbocycles. The number of para-hydroxylation sites is 1. The average molecular weight is 855 g/mol. The third kappa shape index (κ3) is 9.89. The van der Waals surface area contributed by atoms with Gasteiger partial charge in [-0.3, -0.25) is 14.8 Å². The summed E-state index contributed by atoms with van der Waals surface area (Å²) in [5.74, 6) is 1.67. The molecular formula is C62H54N4. The molecule has 9 rings (SSSR count). The van der Waals surface area contributed by atoms with Gasteiger partial charge in [0.2, 0.25) is 0 Å². The Bertz CT molecular complexity index is 3030. The fourth-order valence-corrected chi connectivity index (χ4v) is 8.30. The van der Waals surface area contributed by atoms with Crippen molar-refractivity contribution in [1.29, 1.82) is 0 Å². The number of aliphatic imine (C=N–C) groups is 2. The van der Waals surface area contributed by atoms with Crippen molar-refractivity contribution in [3.05, 3.63) is 288 Å². The Morgan fingerprint density at radius 1 is 0.545 bits per heavy atom. The number of benzene rings is 8. The summed E-state index contributed by atoms with van der Waals surface area (Å²) in [6.07, 6.45) is 2.18. The third-order valence-corrected chi connectivity index (χ3v) is 11.7. The minimum absolute atomic E-state index is 0.826. The standard InChI is InChI=1S/C56H48N4.C6H6/c1-39-20-16-17-27-51(39)56(57-6)59(40(2)38-44-21-10-7-11-22-44)42(4)46-30-32-47(33-31-46)48-34-36-50(37-35-48)55-58-53-29-19-18-28-52(53)43(5)60(55)54(49-25-14-9-15-26-49)41(3)45-23-12-8-13-24-45;1-2-4-6-5-3-1/h7-38H,4-5H2,1-3,6H3;1-6H/b40-38+,54-41+,57-56?;. The van der Waals surface area contributed by atoms with Crippen LogP contribution in [0.25, 0.3) is 39.9 Å². The Balaban J connectivity index is 0.000000914. The Kier molecular flexibility index (Phi) is 14.0. The van der Waals surface area contributed by atoms with Crippen molar-refractivity contribution in [2.24, 2.45) is 9.98 Å². The van der Waals surface area contributed by atoms with Crippen LogP contribution >= 0.6 is 0 Å². The van der Waals surface area contributed by atoms with Crippen LogP contribution in [0.3, 0.4) is 0 Å². The van der Waals surface area contributed by atoms with E-state index >= 15 is 0 Å². The van der Waals surface area contributed by atoms with Crippen LogP contribution < -0.4 is 0 Å². The van der Waals surface area contributed by atoms with E-state index in [1.807, 2.05) is 55.6 Å². The molecule has 0 unspecified atom stereocenters. The van der Waals surface area contributed by atoms with E-state index in [0.717, 1.165) is 101 Å². The van der Waals surface area contributed by atoms with E-state index in [0.29, 0.717) is 0 Å². The molecule has 0 fully saturated rings. The minimum atomic E-state index is 0.826. The monoisotopic (exact) mass is 854 g/mol. The van der Waals surface area contributed by atoms with Crippen LogP contribution in [0, 0.1) is 6.92 Å². The van der Waals surface area contributed by atoms with E-state index in [4.69, 9.17) is 16.6 Å². The SMILES string of the molecule is C=C(c1ccc(-c2ccc(C3=Nc4ccccc4C(=C)N3/C(=C(\C)c3ccccc3)c3ccccc3)cc2)cc1)N(C(=NC)c1ccccc1C)/C(C)=C/c1ccccc1.c1ccccc1. The smallest absolute Gasteiger partial charge is 0.145 e. The van der Waals surface area contributed by atoms with Gasteiger partial charge in [0.15, 0.2) is 0 Å². The highest BCUT2D eigenvalue weighted by Crippen LogP contribution is 2.42. The van der Waals surface area contributed by atoms with E-state index in [2.05, 4.69) is 219 Å². The molecule has 8 aromatic carbocycles. The summed E-state index contributed by atoms with van der Waals surface area (Å²) in [4.78, 5) is 14.6. The molecular weight excluding hydrogens is 801 g/mol. The van der Waals surface area contributed by atoms with Gasteiger partial charge < -0.3 is 0 Å². The van der Waals surface area contributed by atoms with Gasteiger partial charge in [-0.15, -0.1) is 0 Å². The zero-order chi connectivity index (χ0) is 45.8. The second-order valence-electron chi connectivity index (χ2n) is 16.1. The summed E-state index contributed by atoms with van der Waals surface area (Å²) >= 11 is 0. The average Bonchev–Trinajstić information content (AvgIpc) is 3.38. The Morgan fingerprint density at radius 2 is 1.03 bits per heavy atom. The molecule has 0 aliphatic carbocycles. The maximum atomic E-state index is 5.33. The summed E-state index contributed by atoms with van der Waals surface area (Å²) in [7, 11) is 1.85. The van der Waals surface area contributed by atoms with Crippen molar-refractivity contribution in [2.45, 2.75) is 20.8 Å². The van der Waals surface area contributed by atoms with E-state index in [1.54, 1.807) is 0 Å². The number of amidine groups is 2. The summed E-state index contributed by atoms with van der Waals surface area (Å²) in [6.45, 7) is 15.8. The third-order valence-electron chi connectivity index (χ3n) is 11.7. The molecule has 1 aliphatic rings. The highest BCUT2D eigenvalue weighted by Gasteiger charge is 2.30. The predicted molar refractivity (Wildman–Crippen MR) is 282 cm³/mol. The first-order valence-corrected chi connectivity index (χ1v) is 22.3. The van der Waals surface area contributed by atoms with E-state index in [1.165, 1.54) is 0 Å². The lowest BCUT2D eigenvalue weighted by Crippen LogP contribution is -2.31. The molecule has 1 heterocycles. The zero-order valence-electron chi connectivity index (χ0n) is 38.1. The molecule has 0 saturated heterocycles. The molecule has 4 heteroatoms. The minimum Gasteiger partial charge on any atom is -0.299 e. The largest absolute Gasteiger partial charge is 0.299 e. The highest BCUT2D eigenvalue weighted by atomic mass is 15.2. The molecule has 0 atom stereocenters. The van der Waals surface area contributed by atoms with Gasteiger partial charge in [0, 0.05) is 40.8 Å². The van der Waals surface area contributed by atoms with Crippen LogP contribution in [0.4, 0.5) is 5.69 Å². The van der Waals surface area contributed by atoms with Crippen molar-refractivity contribution < 1.29 is 0 Å². The van der Waals surface area contributed by atoms with Crippen LogP contribution in [0.5, 0.6) is 0 Å². The van der Waals surface area contributed by atoms with Crippen molar-refractivity contribution >= 4 is 46.1 Å². The van der Waals surface area contributed by atoms with Crippen molar-refractivity contribution in [2.75, 3.05) is 7.05 Å². The number of fused-ring (bicyclic) bond motifs is 1. The van der Waals surface area contributed by atoms with Crippen LogP contribution in [-0.4, -0.2) is 28.5 Å². The first-order valence-electron chi connectivity index (χ1n) is 22.3. The van der Waals surface area contributed by atoms with Crippen LogP contribution in [0.2, 0.25) is 0 Å². The molecule has 322 valence electrons. The fourth-order valence-electron chi connectivity index (χ4n) is 8.30. The number of hydrogen-bond donors (Lipinski definition) is 0. The van der Waals surface area contributed by atoms with Crippen LogP contribution in [-0.2, 0) is 0 Å². The van der Waals surface area contributed by atoms with Gasteiger partial charge in [0.25, 0.3) is 0 Å². The van der Waals surface area contributed by atoms with E-state index in [9.17, 15) is 0 Å². The van der Waals surface area contributed by atoms with Gasteiger partial charge in [0.1, 0.15) is 11.7 Å². The Hall–Kier alpha value is -8.34. The molecule has 0 N–H and O–H groups in total. The lowest BCUT2D eigenvalue weighted by atomic mass is 9.95. The van der Waals surface area contributed by atoms with E-state index in [-0.39, 0.29) is 0 Å².